The Morgan fingerprint density at radius 3 is 2.21 bits per heavy atom. The zero-order valence-corrected chi connectivity index (χ0v) is 16.1. The van der Waals surface area contributed by atoms with Gasteiger partial charge in [0, 0.05) is 16.5 Å². The van der Waals surface area contributed by atoms with E-state index in [2.05, 4.69) is 67.8 Å². The maximum Gasteiger partial charge on any atom is 0.0424 e. The first-order valence-corrected chi connectivity index (χ1v) is 9.96. The van der Waals surface area contributed by atoms with Crippen LogP contribution in [0, 0.1) is 11.3 Å². The van der Waals surface area contributed by atoms with Gasteiger partial charge in [-0.1, -0.05) is 80.8 Å². The van der Waals surface area contributed by atoms with Gasteiger partial charge in [0.2, 0.25) is 0 Å². The van der Waals surface area contributed by atoms with E-state index in [-0.39, 0.29) is 11.5 Å². The number of nitrogens with two attached hydrogens (primary N) is 1. The van der Waals surface area contributed by atoms with Crippen LogP contribution in [0.4, 0.5) is 0 Å². The van der Waals surface area contributed by atoms with E-state index in [1.54, 1.807) is 11.9 Å². The molecule has 0 spiro atoms. The molecule has 0 aromatic heterocycles. The smallest absolute Gasteiger partial charge is 0.0424 e. The Bertz CT molecular complexity index is 263. The third kappa shape index (κ3) is 5.21. The van der Waals surface area contributed by atoms with Crippen LogP contribution in [-0.4, -0.2) is 22.8 Å². The fourth-order valence-electron chi connectivity index (χ4n) is 2.38. The highest BCUT2D eigenvalue weighted by Gasteiger charge is 2.34. The van der Waals surface area contributed by atoms with Crippen molar-refractivity contribution in [2.45, 2.75) is 59.0 Å². The molecule has 3 atom stereocenters. The first-order chi connectivity index (χ1) is 8.91. The Labute approximate surface area is 138 Å². The summed E-state index contributed by atoms with van der Waals surface area (Å²) in [5, 5.41) is 0. The molecule has 3 N–H and O–H groups in total. The molecule has 0 amide bonds. The molecule has 0 fully saturated rings. The van der Waals surface area contributed by atoms with Crippen molar-refractivity contribution in [2.24, 2.45) is 17.1 Å². The van der Waals surface area contributed by atoms with Crippen molar-refractivity contribution in [3.05, 3.63) is 12.2 Å². The minimum atomic E-state index is 0.0251. The highest BCUT2D eigenvalue weighted by atomic mass is 127. The predicted octanol–water partition coefficient (Wildman–Crippen LogP) is 4.39. The third-order valence-corrected chi connectivity index (χ3v) is 6.25. The molecule has 0 aliphatic carbocycles. The van der Waals surface area contributed by atoms with Crippen LogP contribution < -0.4 is 10.5 Å². The molecule has 0 saturated carbocycles. The average Bonchev–Trinajstić information content (AvgIpc) is 2.45. The van der Waals surface area contributed by atoms with E-state index in [0.29, 0.717) is 12.0 Å². The molecule has 0 aromatic carbocycles. The molecule has 114 valence electrons. The van der Waals surface area contributed by atoms with Gasteiger partial charge >= 0.3 is 0 Å². The second-order valence-electron chi connectivity index (χ2n) is 5.49. The fraction of sp³-hybridized carbons (Fsp3) is 0.867. The van der Waals surface area contributed by atoms with Crippen molar-refractivity contribution in [3.8, 4) is 0 Å². The molecule has 0 aliphatic heterocycles. The van der Waals surface area contributed by atoms with Crippen molar-refractivity contribution >= 4 is 34.5 Å². The van der Waals surface area contributed by atoms with Crippen molar-refractivity contribution in [2.75, 3.05) is 10.7 Å². The summed E-state index contributed by atoms with van der Waals surface area (Å²) in [5.74, 6) is 0.595. The SMILES string of the molecule is C=C(C(N)C(NSC)C(CC)CI)C(C)(CC)CC. The topological polar surface area (TPSA) is 38.0 Å². The van der Waals surface area contributed by atoms with Crippen LogP contribution in [0.1, 0.15) is 47.0 Å². The lowest BCUT2D eigenvalue weighted by atomic mass is 9.72. The molecule has 0 bridgehead atoms. The molecule has 0 saturated heterocycles. The number of halogens is 1. The lowest BCUT2D eigenvalue weighted by Crippen LogP contribution is -2.51. The number of alkyl halides is 1. The van der Waals surface area contributed by atoms with Gasteiger partial charge in [-0.2, -0.15) is 0 Å². The molecule has 19 heavy (non-hydrogen) atoms. The van der Waals surface area contributed by atoms with Gasteiger partial charge in [-0.05, 0) is 30.4 Å². The van der Waals surface area contributed by atoms with E-state index in [0.717, 1.165) is 23.7 Å². The Morgan fingerprint density at radius 2 is 1.89 bits per heavy atom. The molecular formula is C15H31IN2S. The van der Waals surface area contributed by atoms with Crippen LogP contribution in [0.5, 0.6) is 0 Å². The number of rotatable bonds is 10. The molecule has 0 heterocycles. The van der Waals surface area contributed by atoms with Crippen molar-refractivity contribution in [1.82, 2.24) is 4.72 Å². The van der Waals surface area contributed by atoms with E-state index in [9.17, 15) is 0 Å². The Hall–Kier alpha value is 0.740. The Morgan fingerprint density at radius 1 is 1.37 bits per heavy atom. The van der Waals surface area contributed by atoms with Gasteiger partial charge < -0.3 is 5.73 Å². The molecule has 0 aliphatic rings. The summed E-state index contributed by atoms with van der Waals surface area (Å²) in [7, 11) is 0. The predicted molar refractivity (Wildman–Crippen MR) is 98.9 cm³/mol. The van der Waals surface area contributed by atoms with Crippen LogP contribution in [-0.2, 0) is 0 Å². The molecule has 2 nitrogen and oxygen atoms in total. The van der Waals surface area contributed by atoms with Crippen LogP contribution >= 0.6 is 34.5 Å². The summed E-state index contributed by atoms with van der Waals surface area (Å²) >= 11 is 4.13. The first kappa shape index (κ1) is 19.7. The average molecular weight is 398 g/mol. The van der Waals surface area contributed by atoms with Crippen molar-refractivity contribution in [1.29, 1.82) is 0 Å². The minimum absolute atomic E-state index is 0.0251. The van der Waals surface area contributed by atoms with E-state index >= 15 is 0 Å². The zero-order valence-electron chi connectivity index (χ0n) is 13.1. The quantitative estimate of drug-likeness (QED) is 0.248. The van der Waals surface area contributed by atoms with Crippen molar-refractivity contribution in [3.63, 3.8) is 0 Å². The summed E-state index contributed by atoms with van der Waals surface area (Å²) in [6.07, 6.45) is 5.42. The molecule has 0 rings (SSSR count). The summed E-state index contributed by atoms with van der Waals surface area (Å²) in [6, 6.07) is 0.332. The van der Waals surface area contributed by atoms with Gasteiger partial charge in [-0.25, -0.2) is 0 Å². The first-order valence-electron chi connectivity index (χ1n) is 7.21. The van der Waals surface area contributed by atoms with Gasteiger partial charge in [0.05, 0.1) is 0 Å². The largest absolute Gasteiger partial charge is 0.323 e. The van der Waals surface area contributed by atoms with Gasteiger partial charge in [-0.15, -0.1) is 0 Å². The van der Waals surface area contributed by atoms with E-state index in [1.165, 1.54) is 5.57 Å². The lowest BCUT2D eigenvalue weighted by molar-refractivity contribution is 0.307. The highest BCUT2D eigenvalue weighted by Crippen LogP contribution is 2.36. The fourth-order valence-corrected chi connectivity index (χ4v) is 4.16. The van der Waals surface area contributed by atoms with E-state index < -0.39 is 0 Å². The zero-order chi connectivity index (χ0) is 15.1. The maximum atomic E-state index is 6.56. The van der Waals surface area contributed by atoms with Crippen LogP contribution in [0.2, 0.25) is 0 Å². The summed E-state index contributed by atoms with van der Waals surface area (Å²) in [6.45, 7) is 13.3. The van der Waals surface area contributed by atoms with Gasteiger partial charge in [-0.3, -0.25) is 4.72 Å². The van der Waals surface area contributed by atoms with Gasteiger partial charge in [0.25, 0.3) is 0 Å². The second-order valence-corrected chi connectivity index (χ2v) is 7.01. The second kappa shape index (κ2) is 9.64. The van der Waals surface area contributed by atoms with E-state index in [1.807, 2.05) is 0 Å². The lowest BCUT2D eigenvalue weighted by Gasteiger charge is -2.39. The molecule has 0 aromatic rings. The molecule has 4 heteroatoms. The number of hydrogen-bond acceptors (Lipinski definition) is 3. The molecule has 3 unspecified atom stereocenters. The van der Waals surface area contributed by atoms with Gasteiger partial charge in [0.1, 0.15) is 0 Å². The normalized spacial score (nSPS) is 17.0. The van der Waals surface area contributed by atoms with Crippen LogP contribution in [0.25, 0.3) is 0 Å². The molecular weight excluding hydrogens is 367 g/mol. The minimum Gasteiger partial charge on any atom is -0.323 e. The van der Waals surface area contributed by atoms with Crippen molar-refractivity contribution < 1.29 is 0 Å². The third-order valence-electron chi connectivity index (χ3n) is 4.61. The number of nitrogens with one attached hydrogen (secondary N) is 1. The summed E-state index contributed by atoms with van der Waals surface area (Å²) in [5.41, 5.74) is 7.91. The monoisotopic (exact) mass is 398 g/mol. The Balaban J connectivity index is 5.08. The number of hydrogen-bond donors (Lipinski definition) is 2. The Kier molecular flexibility index (Phi) is 10.0. The highest BCUT2D eigenvalue weighted by molar-refractivity contribution is 14.1. The van der Waals surface area contributed by atoms with Gasteiger partial charge in [0.15, 0.2) is 0 Å². The molecule has 0 radical (unpaired) electrons. The summed E-state index contributed by atoms with van der Waals surface area (Å²) < 4.78 is 4.64. The standard InChI is InChI=1S/C15H31IN2S/c1-7-12(10-16)14(18-19-6)13(17)11(4)15(5,8-2)9-3/h12-14,18H,4,7-10,17H2,1-3,5-6H3. The maximum absolute atomic E-state index is 6.56. The van der Waals surface area contributed by atoms with Crippen LogP contribution in [0.3, 0.4) is 0 Å². The summed E-state index contributed by atoms with van der Waals surface area (Å²) in [4.78, 5) is 0. The van der Waals surface area contributed by atoms with Crippen LogP contribution in [0.15, 0.2) is 12.2 Å². The van der Waals surface area contributed by atoms with E-state index in [4.69, 9.17) is 5.73 Å².